The third-order valence-corrected chi connectivity index (χ3v) is 5.30. The molecule has 2 fully saturated rings. The Morgan fingerprint density at radius 3 is 2.64 bits per heavy atom. The number of amides is 3. The molecule has 2 aliphatic rings. The van der Waals surface area contributed by atoms with Crippen LogP contribution >= 0.6 is 11.8 Å². The summed E-state index contributed by atoms with van der Waals surface area (Å²) in [6.45, 7) is 4.20. The van der Waals surface area contributed by atoms with Gasteiger partial charge in [0.05, 0.1) is 25.2 Å². The fraction of sp³-hybridized carbons (Fsp3) is 0.421. The van der Waals surface area contributed by atoms with E-state index in [2.05, 4.69) is 0 Å². The molecule has 0 saturated carbocycles. The van der Waals surface area contributed by atoms with Gasteiger partial charge in [-0.3, -0.25) is 19.3 Å². The summed E-state index contributed by atoms with van der Waals surface area (Å²) in [6.07, 6.45) is 1.64. The number of thioether (sulfide) groups is 1. The maximum absolute atomic E-state index is 12.2. The van der Waals surface area contributed by atoms with Crippen molar-refractivity contribution < 1.29 is 28.6 Å². The number of ether oxygens (including phenoxy) is 3. The van der Waals surface area contributed by atoms with E-state index in [1.807, 2.05) is 0 Å². The molecule has 1 aromatic rings. The second-order valence-corrected chi connectivity index (χ2v) is 7.11. The molecule has 0 unspecified atom stereocenters. The van der Waals surface area contributed by atoms with Crippen molar-refractivity contribution in [2.24, 2.45) is 0 Å². The zero-order chi connectivity index (χ0) is 20.1. The molecule has 8 nitrogen and oxygen atoms in total. The van der Waals surface area contributed by atoms with Gasteiger partial charge in [0.2, 0.25) is 0 Å². The van der Waals surface area contributed by atoms with Crippen molar-refractivity contribution >= 4 is 34.9 Å². The number of carbonyl (C=O) groups excluding carboxylic acids is 3. The van der Waals surface area contributed by atoms with E-state index >= 15 is 0 Å². The first kappa shape index (κ1) is 20.2. The van der Waals surface area contributed by atoms with Crippen molar-refractivity contribution in [2.75, 3.05) is 46.6 Å². The lowest BCUT2D eigenvalue weighted by atomic mass is 10.2. The summed E-state index contributed by atoms with van der Waals surface area (Å²) in [5.41, 5.74) is 0.699. The van der Waals surface area contributed by atoms with Gasteiger partial charge >= 0.3 is 0 Å². The van der Waals surface area contributed by atoms with Crippen molar-refractivity contribution in [3.05, 3.63) is 28.7 Å². The Morgan fingerprint density at radius 2 is 2.00 bits per heavy atom. The van der Waals surface area contributed by atoms with Crippen LogP contribution in [0.25, 0.3) is 6.08 Å². The molecule has 150 valence electrons. The molecule has 0 aromatic heterocycles. The quantitative estimate of drug-likeness (QED) is 0.668. The number of morpholine rings is 1. The second kappa shape index (κ2) is 9.11. The number of nitrogens with zero attached hydrogens (tertiary/aromatic N) is 2. The summed E-state index contributed by atoms with van der Waals surface area (Å²) in [5, 5.41) is -0.271. The van der Waals surface area contributed by atoms with E-state index in [-0.39, 0.29) is 23.7 Å². The second-order valence-electron chi connectivity index (χ2n) is 6.12. The molecule has 2 saturated heterocycles. The molecule has 0 aliphatic carbocycles. The van der Waals surface area contributed by atoms with Gasteiger partial charge < -0.3 is 19.1 Å². The minimum absolute atomic E-state index is 0.0922. The van der Waals surface area contributed by atoms with E-state index in [1.165, 1.54) is 12.0 Å². The van der Waals surface area contributed by atoms with Gasteiger partial charge in [0.1, 0.15) is 0 Å². The summed E-state index contributed by atoms with van der Waals surface area (Å²) in [4.78, 5) is 39.5. The number of carbonyl (C=O) groups is 3. The van der Waals surface area contributed by atoms with Crippen LogP contribution in [0.15, 0.2) is 23.1 Å². The molecule has 0 radical (unpaired) electrons. The standard InChI is InChI=1S/C19H22N2O6S/c1-3-21-18(23)16(28-19(21)24)11-13-4-5-14(15(10-13)25-2)27-12-17(22)20-6-8-26-9-7-20/h4-5,10-11H,3,6-9,12H2,1-2H3/b16-11-. The van der Waals surface area contributed by atoms with Gasteiger partial charge in [-0.2, -0.15) is 0 Å². The Kier molecular flexibility index (Phi) is 6.58. The highest BCUT2D eigenvalue weighted by atomic mass is 32.2. The van der Waals surface area contributed by atoms with Gasteiger partial charge in [-0.25, -0.2) is 0 Å². The third kappa shape index (κ3) is 4.48. The van der Waals surface area contributed by atoms with E-state index in [0.717, 1.165) is 11.8 Å². The van der Waals surface area contributed by atoms with Crippen LogP contribution in [0.1, 0.15) is 12.5 Å². The van der Waals surface area contributed by atoms with Crippen molar-refractivity contribution in [2.45, 2.75) is 6.92 Å². The number of hydrogen-bond donors (Lipinski definition) is 0. The van der Waals surface area contributed by atoms with E-state index in [1.54, 1.807) is 36.1 Å². The lowest BCUT2D eigenvalue weighted by molar-refractivity contribution is -0.137. The van der Waals surface area contributed by atoms with Crippen LogP contribution in [0.5, 0.6) is 11.5 Å². The number of benzene rings is 1. The average molecular weight is 406 g/mol. The predicted molar refractivity (Wildman–Crippen MR) is 104 cm³/mol. The molecule has 1 aromatic carbocycles. The highest BCUT2D eigenvalue weighted by molar-refractivity contribution is 8.18. The number of methoxy groups -OCH3 is 1. The van der Waals surface area contributed by atoms with Crippen LogP contribution in [-0.4, -0.2) is 73.4 Å². The van der Waals surface area contributed by atoms with Crippen molar-refractivity contribution in [3.8, 4) is 11.5 Å². The zero-order valence-electron chi connectivity index (χ0n) is 15.8. The zero-order valence-corrected chi connectivity index (χ0v) is 16.6. The molecule has 0 spiro atoms. The van der Waals surface area contributed by atoms with Crippen LogP contribution in [0.2, 0.25) is 0 Å². The summed E-state index contributed by atoms with van der Waals surface area (Å²) < 4.78 is 16.2. The van der Waals surface area contributed by atoms with Gasteiger partial charge in [0.15, 0.2) is 18.1 Å². The molecule has 2 heterocycles. The number of imide groups is 1. The number of rotatable bonds is 6. The van der Waals surface area contributed by atoms with Gasteiger partial charge in [-0.1, -0.05) is 6.07 Å². The molecule has 9 heteroatoms. The Bertz CT molecular complexity index is 804. The maximum Gasteiger partial charge on any atom is 0.293 e. The van der Waals surface area contributed by atoms with Gasteiger partial charge in [0.25, 0.3) is 17.1 Å². The SMILES string of the molecule is CCN1C(=O)S/C(=C\c2ccc(OCC(=O)N3CCOCC3)c(OC)c2)C1=O. The Morgan fingerprint density at radius 1 is 1.25 bits per heavy atom. The predicted octanol–water partition coefficient (Wildman–Crippen LogP) is 1.99. The maximum atomic E-state index is 12.2. The van der Waals surface area contributed by atoms with Crippen molar-refractivity contribution in [1.29, 1.82) is 0 Å². The molecule has 0 atom stereocenters. The molecule has 2 aliphatic heterocycles. The minimum atomic E-state index is -0.298. The summed E-state index contributed by atoms with van der Waals surface area (Å²) >= 11 is 0.915. The molecule has 0 bridgehead atoms. The molecular formula is C19H22N2O6S. The first-order chi connectivity index (χ1) is 13.5. The fourth-order valence-electron chi connectivity index (χ4n) is 2.86. The van der Waals surface area contributed by atoms with Gasteiger partial charge in [-0.05, 0) is 42.5 Å². The van der Waals surface area contributed by atoms with E-state index in [9.17, 15) is 14.4 Å². The average Bonchev–Trinajstić information content (AvgIpc) is 2.99. The van der Waals surface area contributed by atoms with Crippen LogP contribution < -0.4 is 9.47 Å². The van der Waals surface area contributed by atoms with Crippen LogP contribution in [0.3, 0.4) is 0 Å². The topological polar surface area (TPSA) is 85.4 Å². The van der Waals surface area contributed by atoms with E-state index < -0.39 is 0 Å². The highest BCUT2D eigenvalue weighted by Crippen LogP contribution is 2.34. The van der Waals surface area contributed by atoms with Crippen molar-refractivity contribution in [3.63, 3.8) is 0 Å². The Hall–Kier alpha value is -2.52. The molecule has 28 heavy (non-hydrogen) atoms. The molecule has 3 amide bonds. The minimum Gasteiger partial charge on any atom is -0.493 e. The normalized spacial score (nSPS) is 18.7. The summed E-state index contributed by atoms with van der Waals surface area (Å²) in [7, 11) is 1.50. The molecular weight excluding hydrogens is 384 g/mol. The lowest BCUT2D eigenvalue weighted by Crippen LogP contribution is -2.43. The Labute approximate surface area is 167 Å². The van der Waals surface area contributed by atoms with Gasteiger partial charge in [-0.15, -0.1) is 0 Å². The van der Waals surface area contributed by atoms with Gasteiger partial charge in [0, 0.05) is 19.6 Å². The largest absolute Gasteiger partial charge is 0.493 e. The molecule has 0 N–H and O–H groups in total. The van der Waals surface area contributed by atoms with Crippen molar-refractivity contribution in [1.82, 2.24) is 9.80 Å². The van der Waals surface area contributed by atoms with Crippen LogP contribution in [-0.2, 0) is 14.3 Å². The fourth-order valence-corrected chi connectivity index (χ4v) is 3.76. The Balaban J connectivity index is 1.68. The summed E-state index contributed by atoms with van der Waals surface area (Å²) in [6, 6.07) is 5.13. The van der Waals surface area contributed by atoms with E-state index in [0.29, 0.717) is 54.8 Å². The third-order valence-electron chi connectivity index (χ3n) is 4.39. The van der Waals surface area contributed by atoms with Crippen LogP contribution in [0.4, 0.5) is 4.79 Å². The monoisotopic (exact) mass is 406 g/mol. The van der Waals surface area contributed by atoms with Crippen LogP contribution in [0, 0.1) is 0 Å². The highest BCUT2D eigenvalue weighted by Gasteiger charge is 2.33. The first-order valence-electron chi connectivity index (χ1n) is 8.95. The summed E-state index contributed by atoms with van der Waals surface area (Å²) in [5.74, 6) is 0.469. The first-order valence-corrected chi connectivity index (χ1v) is 9.77. The number of hydrogen-bond acceptors (Lipinski definition) is 7. The smallest absolute Gasteiger partial charge is 0.293 e. The van der Waals surface area contributed by atoms with E-state index in [4.69, 9.17) is 14.2 Å². The number of likely N-dealkylation sites (N-methyl/N-ethyl adjacent to an activating group) is 1. The lowest BCUT2D eigenvalue weighted by Gasteiger charge is -2.26. The molecule has 3 rings (SSSR count).